The lowest BCUT2D eigenvalue weighted by atomic mass is 10.1. The largest absolute Gasteiger partial charge is 0.103 e. The number of unbranched alkanes of at least 4 members (excludes halogenated alkanes) is 5. The monoisotopic (exact) mass is 194 g/mol. The molecule has 82 valence electrons. The molecule has 0 spiro atoms. The SMILES string of the molecule is CCCCCCCC#CCCC(C)C. The molecular formula is C14H26. The first-order valence-corrected chi connectivity index (χ1v) is 6.23. The van der Waals surface area contributed by atoms with E-state index in [9.17, 15) is 0 Å². The summed E-state index contributed by atoms with van der Waals surface area (Å²) in [5, 5.41) is 0. The summed E-state index contributed by atoms with van der Waals surface area (Å²) < 4.78 is 0. The zero-order chi connectivity index (χ0) is 10.6. The van der Waals surface area contributed by atoms with Crippen LogP contribution in [0.1, 0.15) is 72.1 Å². The van der Waals surface area contributed by atoms with E-state index >= 15 is 0 Å². The van der Waals surface area contributed by atoms with E-state index in [0.29, 0.717) is 0 Å². The first-order valence-electron chi connectivity index (χ1n) is 6.23. The van der Waals surface area contributed by atoms with Crippen LogP contribution in [-0.4, -0.2) is 0 Å². The summed E-state index contributed by atoms with van der Waals surface area (Å²) in [4.78, 5) is 0. The van der Waals surface area contributed by atoms with Crippen molar-refractivity contribution < 1.29 is 0 Å². The Labute approximate surface area is 90.5 Å². The van der Waals surface area contributed by atoms with Gasteiger partial charge in [-0.25, -0.2) is 0 Å². The fraction of sp³-hybridized carbons (Fsp3) is 0.857. The van der Waals surface area contributed by atoms with Crippen LogP contribution in [-0.2, 0) is 0 Å². The predicted molar refractivity (Wildman–Crippen MR) is 65.2 cm³/mol. The molecule has 0 atom stereocenters. The minimum absolute atomic E-state index is 0.800. The lowest BCUT2D eigenvalue weighted by Crippen LogP contribution is -1.83. The summed E-state index contributed by atoms with van der Waals surface area (Å²) in [6.07, 6.45) is 10.2. The Balaban J connectivity index is 3.10. The van der Waals surface area contributed by atoms with Crippen molar-refractivity contribution in [3.63, 3.8) is 0 Å². The van der Waals surface area contributed by atoms with Gasteiger partial charge in [0.25, 0.3) is 0 Å². The molecule has 0 aliphatic carbocycles. The lowest BCUT2D eigenvalue weighted by Gasteiger charge is -1.97. The molecule has 0 bridgehead atoms. The van der Waals surface area contributed by atoms with E-state index < -0.39 is 0 Å². The van der Waals surface area contributed by atoms with E-state index in [0.717, 1.165) is 18.8 Å². The summed E-state index contributed by atoms with van der Waals surface area (Å²) in [5.41, 5.74) is 0. The zero-order valence-corrected chi connectivity index (χ0v) is 10.2. The van der Waals surface area contributed by atoms with Crippen molar-refractivity contribution >= 4 is 0 Å². The van der Waals surface area contributed by atoms with Gasteiger partial charge in [0.2, 0.25) is 0 Å². The van der Waals surface area contributed by atoms with Crippen LogP contribution >= 0.6 is 0 Å². The van der Waals surface area contributed by atoms with Crippen molar-refractivity contribution in [1.82, 2.24) is 0 Å². The van der Waals surface area contributed by atoms with E-state index in [4.69, 9.17) is 0 Å². The summed E-state index contributed by atoms with van der Waals surface area (Å²) in [5.74, 6) is 7.33. The van der Waals surface area contributed by atoms with Gasteiger partial charge in [0, 0.05) is 12.8 Å². The van der Waals surface area contributed by atoms with Crippen molar-refractivity contribution in [1.29, 1.82) is 0 Å². The lowest BCUT2D eigenvalue weighted by molar-refractivity contribution is 0.599. The Morgan fingerprint density at radius 3 is 2.14 bits per heavy atom. The molecule has 0 aromatic rings. The maximum Gasteiger partial charge on any atom is 0.00911 e. The van der Waals surface area contributed by atoms with E-state index in [-0.39, 0.29) is 0 Å². The van der Waals surface area contributed by atoms with Crippen molar-refractivity contribution in [3.05, 3.63) is 0 Å². The van der Waals surface area contributed by atoms with Gasteiger partial charge in [-0.1, -0.05) is 46.5 Å². The highest BCUT2D eigenvalue weighted by Crippen LogP contribution is 2.05. The van der Waals surface area contributed by atoms with Crippen LogP contribution in [0.4, 0.5) is 0 Å². The Morgan fingerprint density at radius 2 is 1.50 bits per heavy atom. The highest BCUT2D eigenvalue weighted by atomic mass is 13.9. The van der Waals surface area contributed by atoms with Crippen LogP contribution < -0.4 is 0 Å². The topological polar surface area (TPSA) is 0 Å². The Kier molecular flexibility index (Phi) is 10.3. The summed E-state index contributed by atoms with van der Waals surface area (Å²) >= 11 is 0. The van der Waals surface area contributed by atoms with Crippen LogP contribution in [0.3, 0.4) is 0 Å². The molecule has 0 unspecified atom stereocenters. The van der Waals surface area contributed by atoms with Gasteiger partial charge >= 0.3 is 0 Å². The fourth-order valence-electron chi connectivity index (χ4n) is 1.35. The third-order valence-corrected chi connectivity index (χ3v) is 2.38. The van der Waals surface area contributed by atoms with Gasteiger partial charge in [0.15, 0.2) is 0 Å². The molecule has 0 aliphatic heterocycles. The third kappa shape index (κ3) is 11.6. The van der Waals surface area contributed by atoms with Crippen molar-refractivity contribution in [2.75, 3.05) is 0 Å². The quantitative estimate of drug-likeness (QED) is 0.404. The van der Waals surface area contributed by atoms with Gasteiger partial charge < -0.3 is 0 Å². The Hall–Kier alpha value is -0.440. The third-order valence-electron chi connectivity index (χ3n) is 2.38. The molecular weight excluding hydrogens is 168 g/mol. The van der Waals surface area contributed by atoms with Crippen LogP contribution in [0.25, 0.3) is 0 Å². The summed E-state index contributed by atoms with van der Waals surface area (Å²) in [7, 11) is 0. The van der Waals surface area contributed by atoms with Gasteiger partial charge in [0.1, 0.15) is 0 Å². The van der Waals surface area contributed by atoms with Gasteiger partial charge in [-0.3, -0.25) is 0 Å². The number of rotatable bonds is 7. The second-order valence-electron chi connectivity index (χ2n) is 4.45. The average Bonchev–Trinajstić information content (AvgIpc) is 2.15. The maximum atomic E-state index is 3.27. The van der Waals surface area contributed by atoms with Crippen LogP contribution in [0.5, 0.6) is 0 Å². The first kappa shape index (κ1) is 13.6. The molecule has 0 radical (unpaired) electrons. The fourth-order valence-corrected chi connectivity index (χ4v) is 1.35. The molecule has 0 amide bonds. The number of hydrogen-bond donors (Lipinski definition) is 0. The Bertz CT molecular complexity index is 157. The molecule has 0 nitrogen and oxygen atoms in total. The molecule has 0 heterocycles. The van der Waals surface area contributed by atoms with E-state index in [1.165, 1.54) is 38.5 Å². The number of hydrogen-bond acceptors (Lipinski definition) is 0. The minimum Gasteiger partial charge on any atom is -0.103 e. The highest BCUT2D eigenvalue weighted by Gasteiger charge is 1.89. The van der Waals surface area contributed by atoms with Crippen LogP contribution in [0, 0.1) is 17.8 Å². The molecule has 0 saturated carbocycles. The van der Waals surface area contributed by atoms with E-state index in [1.807, 2.05) is 0 Å². The average molecular weight is 194 g/mol. The summed E-state index contributed by atoms with van der Waals surface area (Å²) in [6, 6.07) is 0. The highest BCUT2D eigenvalue weighted by molar-refractivity contribution is 4.98. The Morgan fingerprint density at radius 1 is 0.857 bits per heavy atom. The summed E-state index contributed by atoms with van der Waals surface area (Å²) in [6.45, 7) is 6.77. The molecule has 0 aliphatic rings. The molecule has 0 N–H and O–H groups in total. The molecule has 0 saturated heterocycles. The molecule has 0 rings (SSSR count). The first-order chi connectivity index (χ1) is 6.77. The van der Waals surface area contributed by atoms with Gasteiger partial charge in [-0.05, 0) is 18.8 Å². The van der Waals surface area contributed by atoms with Gasteiger partial charge in [-0.15, -0.1) is 11.8 Å². The molecule has 0 fully saturated rings. The molecule has 0 aromatic carbocycles. The predicted octanol–water partition coefficient (Wildman–Crippen LogP) is 4.79. The van der Waals surface area contributed by atoms with E-state index in [1.54, 1.807) is 0 Å². The normalized spacial score (nSPS) is 10.0. The minimum atomic E-state index is 0.800. The van der Waals surface area contributed by atoms with E-state index in [2.05, 4.69) is 32.6 Å². The van der Waals surface area contributed by atoms with Crippen molar-refractivity contribution in [2.24, 2.45) is 5.92 Å². The van der Waals surface area contributed by atoms with Crippen molar-refractivity contribution in [3.8, 4) is 11.8 Å². The van der Waals surface area contributed by atoms with Crippen molar-refractivity contribution in [2.45, 2.75) is 72.1 Å². The molecule has 0 heteroatoms. The standard InChI is InChI=1S/C14H26/c1-4-5-6-7-8-9-10-11-12-13-14(2)3/h14H,4-9,12-13H2,1-3H3. The van der Waals surface area contributed by atoms with Crippen LogP contribution in [0.15, 0.2) is 0 Å². The smallest absolute Gasteiger partial charge is 0.00911 e. The van der Waals surface area contributed by atoms with Gasteiger partial charge in [-0.2, -0.15) is 0 Å². The van der Waals surface area contributed by atoms with Crippen LogP contribution in [0.2, 0.25) is 0 Å². The second kappa shape index (κ2) is 10.6. The second-order valence-corrected chi connectivity index (χ2v) is 4.45. The van der Waals surface area contributed by atoms with Gasteiger partial charge in [0.05, 0.1) is 0 Å². The maximum absolute atomic E-state index is 3.27. The zero-order valence-electron chi connectivity index (χ0n) is 10.2. The molecule has 0 aromatic heterocycles. The molecule has 14 heavy (non-hydrogen) atoms.